The van der Waals surface area contributed by atoms with Gasteiger partial charge in [0.2, 0.25) is 0 Å². The Kier molecular flexibility index (Phi) is 5.12. The summed E-state index contributed by atoms with van der Waals surface area (Å²) in [5.41, 5.74) is 5.59. The Labute approximate surface area is 63.5 Å². The molecule has 4 N–H and O–H groups in total. The van der Waals surface area contributed by atoms with Gasteiger partial charge in [-0.1, -0.05) is 0 Å². The minimum absolute atomic E-state index is 0.109. The van der Waals surface area contributed by atoms with Crippen molar-refractivity contribution in [2.45, 2.75) is 12.5 Å². The molecule has 0 fully saturated rings. The Morgan fingerprint density at radius 1 is 1.78 bits per heavy atom. The maximum absolute atomic E-state index is 5.59. The third-order valence-corrected chi connectivity index (χ3v) is 1.14. The number of likely N-dealkylation sites (N-methyl/N-ethyl adjacent to an activating group) is 1. The van der Waals surface area contributed by atoms with Gasteiger partial charge in [0.1, 0.15) is 0 Å². The molecular weight excluding hydrogens is 129 g/mol. The van der Waals surface area contributed by atoms with Gasteiger partial charge in [0.15, 0.2) is 0 Å². The van der Waals surface area contributed by atoms with Gasteiger partial charge in [-0.15, -0.1) is 0 Å². The Bertz CT molecular complexity index is 107. The van der Waals surface area contributed by atoms with E-state index in [-0.39, 0.29) is 6.04 Å². The first-order valence-electron chi connectivity index (χ1n) is 2.81. The van der Waals surface area contributed by atoms with Crippen LogP contribution in [-0.4, -0.2) is 40.3 Å². The summed E-state index contributed by atoms with van der Waals surface area (Å²) in [5, 5.41) is 1.58. The van der Waals surface area contributed by atoms with Crippen LogP contribution in [0, 0.1) is 4.69 Å². The third kappa shape index (κ3) is 6.07. The van der Waals surface area contributed by atoms with Gasteiger partial charge in [0.05, 0.1) is 0 Å². The molecule has 0 amide bonds. The molecule has 0 saturated carbocycles. The van der Waals surface area contributed by atoms with Crippen molar-refractivity contribution in [1.82, 2.24) is 5.01 Å². The van der Waals surface area contributed by atoms with Crippen molar-refractivity contribution in [3.8, 4) is 4.69 Å². The number of nitrogens with two attached hydrogens (primary N) is 2. The van der Waals surface area contributed by atoms with Crippen LogP contribution in [0.25, 0.3) is 0 Å². The summed E-state index contributed by atoms with van der Waals surface area (Å²) < 4.78 is 2.88. The first-order valence-corrected chi connectivity index (χ1v) is 3.39. The summed E-state index contributed by atoms with van der Waals surface area (Å²) in [5.74, 6) is 5.34. The van der Waals surface area contributed by atoms with Crippen LogP contribution in [0.1, 0.15) is 6.42 Å². The van der Waals surface area contributed by atoms with E-state index in [4.69, 9.17) is 11.6 Å². The molecule has 50 valence electrons. The number of hydrazine groups is 1. The molecule has 0 rings (SSSR count). The van der Waals surface area contributed by atoms with Crippen molar-refractivity contribution in [2.24, 2.45) is 11.6 Å². The van der Waals surface area contributed by atoms with Crippen molar-refractivity contribution < 1.29 is 0 Å². The van der Waals surface area contributed by atoms with Crippen LogP contribution < -0.4 is 11.6 Å². The zero-order chi connectivity index (χ0) is 7.28. The first kappa shape index (κ1) is 9.19. The van der Waals surface area contributed by atoms with Crippen molar-refractivity contribution >= 4 is 15.7 Å². The van der Waals surface area contributed by atoms with Crippen LogP contribution in [0.5, 0.6) is 0 Å². The van der Waals surface area contributed by atoms with E-state index in [1.807, 2.05) is 0 Å². The minimum atomic E-state index is 0.109. The molecule has 0 spiro atoms. The third-order valence-electron chi connectivity index (χ3n) is 0.903. The number of nitrogens with zero attached hydrogens (tertiary/aromatic N) is 1. The molecule has 0 heterocycles. The van der Waals surface area contributed by atoms with E-state index >= 15 is 0 Å². The van der Waals surface area contributed by atoms with E-state index < -0.39 is 0 Å². The molecule has 0 aromatic carbocycles. The number of hydrogen-bond acceptors (Lipinski definition) is 3. The Hall–Kier alpha value is 0.192. The summed E-state index contributed by atoms with van der Waals surface area (Å²) >= 11 is 2.40. The van der Waals surface area contributed by atoms with E-state index in [1.165, 1.54) is 0 Å². The molecule has 0 bridgehead atoms. The van der Waals surface area contributed by atoms with Crippen molar-refractivity contribution in [3.05, 3.63) is 0 Å². The molecule has 0 aliphatic heterocycles. The molecule has 0 radical (unpaired) electrons. The van der Waals surface area contributed by atoms with E-state index in [9.17, 15) is 0 Å². The number of rotatable bonds is 3. The van der Waals surface area contributed by atoms with Gasteiger partial charge in [0.25, 0.3) is 0 Å². The molecule has 1 atom stereocenters. The average molecular weight is 141 g/mol. The monoisotopic (exact) mass is 141 g/mol. The fourth-order valence-corrected chi connectivity index (χ4v) is 0.889. The van der Waals surface area contributed by atoms with Gasteiger partial charge in [-0.05, 0) is 0 Å². The number of hydrogen-bond donors (Lipinski definition) is 2. The van der Waals surface area contributed by atoms with Crippen LogP contribution in [-0.2, 0) is 0 Å². The zero-order valence-electron chi connectivity index (χ0n) is 5.67. The summed E-state index contributed by atoms with van der Waals surface area (Å²) in [6.45, 7) is 0.710. The second-order valence-electron chi connectivity index (χ2n) is 2.11. The molecule has 0 aromatic heterocycles. The maximum atomic E-state index is 5.59. The molecule has 0 aromatic rings. The first-order chi connectivity index (χ1) is 4.16. The van der Waals surface area contributed by atoms with Crippen LogP contribution in [0.15, 0.2) is 0 Å². The summed E-state index contributed by atoms with van der Waals surface area (Å²) in [7, 11) is 1.79. The molecule has 9 heavy (non-hydrogen) atoms. The standard InChI is InChI=1S/C5H12N3.Al/c1-3-5(6)4-8(2)7;/h5H,3-4,6-7H2,2H3;. The zero-order valence-corrected chi connectivity index (χ0v) is 6.83. The Balaban J connectivity index is 3.29. The second-order valence-corrected chi connectivity index (χ2v) is 2.52. The fourth-order valence-electron chi connectivity index (χ4n) is 0.586. The topological polar surface area (TPSA) is 55.3 Å². The van der Waals surface area contributed by atoms with Crippen molar-refractivity contribution in [1.29, 1.82) is 0 Å². The molecule has 0 saturated heterocycles. The quantitative estimate of drug-likeness (QED) is 0.290. The summed E-state index contributed by atoms with van der Waals surface area (Å²) in [4.78, 5) is 0. The average Bonchev–Trinajstić information content (AvgIpc) is 1.63. The molecule has 1 unspecified atom stereocenters. The molecule has 0 aliphatic rings. The molecule has 3 nitrogen and oxygen atoms in total. The van der Waals surface area contributed by atoms with Gasteiger partial charge in [-0.25, -0.2) is 0 Å². The summed E-state index contributed by atoms with van der Waals surface area (Å²) in [6, 6.07) is 0.109. The Morgan fingerprint density at radius 3 is 2.67 bits per heavy atom. The SMILES string of the molecule is CN(N)CC(N)C[C]#[Al]. The van der Waals surface area contributed by atoms with Crippen molar-refractivity contribution in [3.63, 3.8) is 0 Å². The van der Waals surface area contributed by atoms with Gasteiger partial charge < -0.3 is 0 Å². The van der Waals surface area contributed by atoms with Crippen LogP contribution in [0.3, 0.4) is 0 Å². The van der Waals surface area contributed by atoms with E-state index in [2.05, 4.69) is 20.4 Å². The van der Waals surface area contributed by atoms with Gasteiger partial charge in [-0.3, -0.25) is 0 Å². The fraction of sp³-hybridized carbons (Fsp3) is 0.800. The summed E-state index contributed by atoms with van der Waals surface area (Å²) in [6.07, 6.45) is 0.770. The van der Waals surface area contributed by atoms with Gasteiger partial charge in [0, 0.05) is 0 Å². The normalized spacial score (nSPS) is 13.6. The predicted molar refractivity (Wildman–Crippen MR) is 39.1 cm³/mol. The van der Waals surface area contributed by atoms with Gasteiger partial charge in [-0.2, -0.15) is 0 Å². The Morgan fingerprint density at radius 2 is 2.33 bits per heavy atom. The van der Waals surface area contributed by atoms with Crippen molar-refractivity contribution in [2.75, 3.05) is 13.6 Å². The predicted octanol–water partition coefficient (Wildman–Crippen LogP) is -1.36. The van der Waals surface area contributed by atoms with E-state index in [1.54, 1.807) is 12.1 Å². The van der Waals surface area contributed by atoms with Crippen LogP contribution >= 0.6 is 0 Å². The molecule has 0 aliphatic carbocycles. The molecule has 4 heteroatoms. The van der Waals surface area contributed by atoms with E-state index in [0.29, 0.717) is 6.54 Å². The van der Waals surface area contributed by atoms with E-state index in [0.717, 1.165) is 6.42 Å². The van der Waals surface area contributed by atoms with Crippen LogP contribution in [0.4, 0.5) is 0 Å². The van der Waals surface area contributed by atoms with Crippen LogP contribution in [0.2, 0.25) is 0 Å². The molecular formula is C5H12AlN3. The second kappa shape index (κ2) is 5.02. The van der Waals surface area contributed by atoms with Gasteiger partial charge >= 0.3 is 63.0 Å².